The molecule has 0 spiro atoms. The van der Waals surface area contributed by atoms with Crippen molar-refractivity contribution in [3.8, 4) is 22.6 Å². The number of Topliss-reactive ketones (excluding diaryl/α,β-unsaturated/α-hetero) is 2. The Hall–Kier alpha value is -3.47. The van der Waals surface area contributed by atoms with Gasteiger partial charge in [-0.1, -0.05) is 24.3 Å². The van der Waals surface area contributed by atoms with Crippen LogP contribution in [0, 0.1) is 12.7 Å². The summed E-state index contributed by atoms with van der Waals surface area (Å²) in [4.78, 5) is 25.1. The number of hydrogen-bond acceptors (Lipinski definition) is 4. The third-order valence-electron chi connectivity index (χ3n) is 6.53. The van der Waals surface area contributed by atoms with Gasteiger partial charge in [0.15, 0.2) is 17.3 Å². The maximum atomic E-state index is 14.9. The minimum absolute atomic E-state index is 0.00237. The summed E-state index contributed by atoms with van der Waals surface area (Å²) >= 11 is 0. The molecule has 1 aliphatic carbocycles. The molecule has 5 rings (SSSR count). The first-order valence-electron chi connectivity index (χ1n) is 10.7. The number of benzene rings is 3. The van der Waals surface area contributed by atoms with Crippen molar-refractivity contribution in [1.29, 1.82) is 0 Å². The number of ether oxygens (including phenoxy) is 2. The Bertz CT molecular complexity index is 1260. The fourth-order valence-corrected chi connectivity index (χ4v) is 4.46. The Labute approximate surface area is 186 Å². The number of rotatable bonds is 6. The SMILES string of the molecule is CC(=O)c1cccc(-c2cc(CC(=O)C3(c4ccc5c(c4)OCO5)CC3)c(F)cc2C)c1. The Morgan fingerprint density at radius 1 is 1.00 bits per heavy atom. The van der Waals surface area contributed by atoms with E-state index in [1.165, 1.54) is 13.0 Å². The van der Waals surface area contributed by atoms with Gasteiger partial charge in [-0.05, 0) is 84.8 Å². The van der Waals surface area contributed by atoms with E-state index in [0.29, 0.717) is 22.6 Å². The zero-order valence-corrected chi connectivity index (χ0v) is 18.0. The van der Waals surface area contributed by atoms with Crippen molar-refractivity contribution in [2.75, 3.05) is 6.79 Å². The van der Waals surface area contributed by atoms with Gasteiger partial charge in [0.25, 0.3) is 0 Å². The van der Waals surface area contributed by atoms with E-state index in [0.717, 1.165) is 35.1 Å². The molecule has 0 bridgehead atoms. The summed E-state index contributed by atoms with van der Waals surface area (Å²) in [6.07, 6.45) is 1.50. The van der Waals surface area contributed by atoms with E-state index in [9.17, 15) is 14.0 Å². The second-order valence-corrected chi connectivity index (χ2v) is 8.65. The smallest absolute Gasteiger partial charge is 0.231 e. The lowest BCUT2D eigenvalue weighted by Crippen LogP contribution is -2.23. The van der Waals surface area contributed by atoms with Crippen molar-refractivity contribution in [1.82, 2.24) is 0 Å². The lowest BCUT2D eigenvalue weighted by molar-refractivity contribution is -0.120. The lowest BCUT2D eigenvalue weighted by Gasteiger charge is -2.17. The fourth-order valence-electron chi connectivity index (χ4n) is 4.46. The van der Waals surface area contributed by atoms with Crippen LogP contribution in [0.2, 0.25) is 0 Å². The van der Waals surface area contributed by atoms with Crippen LogP contribution < -0.4 is 9.47 Å². The van der Waals surface area contributed by atoms with E-state index in [-0.39, 0.29) is 30.6 Å². The van der Waals surface area contributed by atoms with E-state index < -0.39 is 5.41 Å². The normalized spacial score (nSPS) is 15.5. The number of carbonyl (C=O) groups is 2. The molecule has 1 fully saturated rings. The molecule has 0 unspecified atom stereocenters. The predicted octanol–water partition coefficient (Wildman–Crippen LogP) is 5.58. The van der Waals surface area contributed by atoms with Crippen LogP contribution in [-0.2, 0) is 16.6 Å². The van der Waals surface area contributed by atoms with Crippen molar-refractivity contribution in [3.63, 3.8) is 0 Å². The molecule has 3 aromatic carbocycles. The van der Waals surface area contributed by atoms with Gasteiger partial charge in [0.2, 0.25) is 6.79 Å². The molecule has 0 N–H and O–H groups in total. The highest BCUT2D eigenvalue weighted by Gasteiger charge is 2.51. The molecule has 3 aromatic rings. The standard InChI is InChI=1S/C27H23FO4/c1-16-10-23(28)20(12-22(16)19-5-3-4-18(11-19)17(2)29)13-26(30)27(8-9-27)21-6-7-24-25(14-21)32-15-31-24/h3-7,10-12,14H,8-9,13,15H2,1-2H3. The molecule has 5 heteroatoms. The second-order valence-electron chi connectivity index (χ2n) is 8.65. The molecule has 0 saturated heterocycles. The molecule has 1 heterocycles. The highest BCUT2D eigenvalue weighted by molar-refractivity contribution is 5.96. The van der Waals surface area contributed by atoms with E-state index >= 15 is 0 Å². The van der Waals surface area contributed by atoms with Crippen LogP contribution >= 0.6 is 0 Å². The van der Waals surface area contributed by atoms with E-state index in [1.807, 2.05) is 43.3 Å². The van der Waals surface area contributed by atoms with Crippen molar-refractivity contribution in [2.24, 2.45) is 0 Å². The number of hydrogen-bond donors (Lipinski definition) is 0. The monoisotopic (exact) mass is 430 g/mol. The van der Waals surface area contributed by atoms with Gasteiger partial charge in [0.05, 0.1) is 5.41 Å². The summed E-state index contributed by atoms with van der Waals surface area (Å²) in [5.41, 5.74) is 3.70. The fraction of sp³-hybridized carbons (Fsp3) is 0.259. The van der Waals surface area contributed by atoms with Gasteiger partial charge in [-0.3, -0.25) is 9.59 Å². The van der Waals surface area contributed by atoms with Gasteiger partial charge in [-0.25, -0.2) is 4.39 Å². The summed E-state index contributed by atoms with van der Waals surface area (Å²) in [5.74, 6) is 0.919. The molecule has 2 aliphatic rings. The minimum atomic E-state index is -0.590. The third kappa shape index (κ3) is 3.48. The number of ketones is 2. The summed E-state index contributed by atoms with van der Waals surface area (Å²) in [5, 5.41) is 0. The van der Waals surface area contributed by atoms with Gasteiger partial charge in [0.1, 0.15) is 11.6 Å². The summed E-state index contributed by atoms with van der Waals surface area (Å²) in [7, 11) is 0. The zero-order chi connectivity index (χ0) is 22.5. The Morgan fingerprint density at radius 2 is 1.78 bits per heavy atom. The third-order valence-corrected chi connectivity index (χ3v) is 6.53. The van der Waals surface area contributed by atoms with Crippen molar-refractivity contribution >= 4 is 11.6 Å². The van der Waals surface area contributed by atoms with Crippen LogP contribution in [0.4, 0.5) is 4.39 Å². The number of carbonyl (C=O) groups excluding carboxylic acids is 2. The van der Waals surface area contributed by atoms with Crippen LogP contribution in [0.1, 0.15) is 46.8 Å². The first-order chi connectivity index (χ1) is 15.4. The lowest BCUT2D eigenvalue weighted by atomic mass is 9.86. The van der Waals surface area contributed by atoms with E-state index in [4.69, 9.17) is 9.47 Å². The van der Waals surface area contributed by atoms with Gasteiger partial charge in [-0.2, -0.15) is 0 Å². The first-order valence-corrected chi connectivity index (χ1v) is 10.7. The average Bonchev–Trinajstić information content (AvgIpc) is 3.46. The Morgan fingerprint density at radius 3 is 2.53 bits per heavy atom. The van der Waals surface area contributed by atoms with Crippen LogP contribution in [-0.4, -0.2) is 18.4 Å². The zero-order valence-electron chi connectivity index (χ0n) is 18.0. The van der Waals surface area contributed by atoms with Gasteiger partial charge in [0, 0.05) is 12.0 Å². The van der Waals surface area contributed by atoms with Crippen LogP contribution in [0.15, 0.2) is 54.6 Å². The molecule has 0 aromatic heterocycles. The molecule has 0 radical (unpaired) electrons. The Balaban J connectivity index is 1.46. The summed E-state index contributed by atoms with van der Waals surface area (Å²) in [6.45, 7) is 3.54. The maximum absolute atomic E-state index is 14.9. The number of fused-ring (bicyclic) bond motifs is 1. The quantitative estimate of drug-likeness (QED) is 0.480. The molecule has 1 saturated carbocycles. The average molecular weight is 430 g/mol. The molecule has 0 amide bonds. The molecule has 162 valence electrons. The first kappa shape index (κ1) is 20.4. The largest absolute Gasteiger partial charge is 0.454 e. The van der Waals surface area contributed by atoms with Gasteiger partial charge < -0.3 is 9.47 Å². The summed E-state index contributed by atoms with van der Waals surface area (Å²) in [6, 6.07) is 16.1. The topological polar surface area (TPSA) is 52.6 Å². The van der Waals surface area contributed by atoms with Gasteiger partial charge >= 0.3 is 0 Å². The summed E-state index contributed by atoms with van der Waals surface area (Å²) < 4.78 is 25.7. The number of halogens is 1. The highest BCUT2D eigenvalue weighted by atomic mass is 19.1. The molecule has 4 nitrogen and oxygen atoms in total. The molecule has 1 aliphatic heterocycles. The minimum Gasteiger partial charge on any atom is -0.454 e. The van der Waals surface area contributed by atoms with Crippen LogP contribution in [0.25, 0.3) is 11.1 Å². The van der Waals surface area contributed by atoms with Crippen molar-refractivity contribution in [2.45, 2.75) is 38.5 Å². The van der Waals surface area contributed by atoms with Crippen LogP contribution in [0.5, 0.6) is 11.5 Å². The van der Waals surface area contributed by atoms with Crippen molar-refractivity contribution < 1.29 is 23.5 Å². The number of aryl methyl sites for hydroxylation is 1. The van der Waals surface area contributed by atoms with E-state index in [2.05, 4.69) is 0 Å². The highest BCUT2D eigenvalue weighted by Crippen LogP contribution is 2.51. The van der Waals surface area contributed by atoms with Crippen LogP contribution in [0.3, 0.4) is 0 Å². The molecular formula is C27H23FO4. The second kappa shape index (κ2) is 7.59. The Kier molecular flexibility index (Phi) is 4.85. The van der Waals surface area contributed by atoms with E-state index in [1.54, 1.807) is 12.1 Å². The molecular weight excluding hydrogens is 407 g/mol. The van der Waals surface area contributed by atoms with Gasteiger partial charge in [-0.15, -0.1) is 0 Å². The molecule has 0 atom stereocenters. The molecule has 32 heavy (non-hydrogen) atoms. The van der Waals surface area contributed by atoms with Crippen molar-refractivity contribution in [3.05, 3.63) is 82.7 Å². The predicted molar refractivity (Wildman–Crippen MR) is 119 cm³/mol. The maximum Gasteiger partial charge on any atom is 0.231 e.